The van der Waals surface area contributed by atoms with Crippen LogP contribution in [0.4, 0.5) is 9.39 Å². The largest absolute Gasteiger partial charge is 0.387 e. The van der Waals surface area contributed by atoms with E-state index in [-0.39, 0.29) is 24.2 Å². The van der Waals surface area contributed by atoms with Crippen LogP contribution >= 0.6 is 22.9 Å². The zero-order valence-corrected chi connectivity index (χ0v) is 18.3. The Balaban J connectivity index is 1.61. The second-order valence-electron chi connectivity index (χ2n) is 9.20. The third-order valence-corrected chi connectivity index (χ3v) is 9.08. The van der Waals surface area contributed by atoms with E-state index in [1.165, 1.54) is 0 Å². The van der Waals surface area contributed by atoms with Crippen LogP contribution in [0.25, 0.3) is 0 Å². The highest BCUT2D eigenvalue weighted by molar-refractivity contribution is 7.90. The molecule has 5 rings (SSSR count). The highest BCUT2D eigenvalue weighted by atomic mass is 35.5. The lowest BCUT2D eigenvalue weighted by Crippen LogP contribution is -2.57. The van der Waals surface area contributed by atoms with Gasteiger partial charge in [0.15, 0.2) is 0 Å². The Morgan fingerprint density at radius 1 is 1.36 bits per heavy atom. The molecule has 4 saturated carbocycles. The zero-order valence-electron chi connectivity index (χ0n) is 15.9. The standard InChI is InChI=1S/C19H25ClFNO4S2/c1-10-14(13(23)8-28(2,25)26)16(27-15(10)20)22-17(24)18-4-11-3-12(5-18)7-19(21,6-11)9-18/h11-13,23H,3-9H2,1-2H3,(H,22,24). The second kappa shape index (κ2) is 6.65. The molecule has 1 amide bonds. The first-order valence-electron chi connectivity index (χ1n) is 9.55. The summed E-state index contributed by atoms with van der Waals surface area (Å²) < 4.78 is 38.8. The molecule has 1 heterocycles. The molecule has 9 heteroatoms. The Morgan fingerprint density at radius 2 is 1.96 bits per heavy atom. The third kappa shape index (κ3) is 3.61. The predicted molar refractivity (Wildman–Crippen MR) is 108 cm³/mol. The molecule has 156 valence electrons. The monoisotopic (exact) mass is 449 g/mol. The molecule has 4 aliphatic carbocycles. The van der Waals surface area contributed by atoms with Crippen LogP contribution in [-0.2, 0) is 14.6 Å². The van der Waals surface area contributed by atoms with E-state index in [2.05, 4.69) is 5.32 Å². The summed E-state index contributed by atoms with van der Waals surface area (Å²) in [7, 11) is -3.42. The summed E-state index contributed by atoms with van der Waals surface area (Å²) in [6.45, 7) is 1.69. The molecule has 3 atom stereocenters. The molecule has 28 heavy (non-hydrogen) atoms. The number of aliphatic hydroxyl groups is 1. The second-order valence-corrected chi connectivity index (χ2v) is 13.0. The molecule has 0 aromatic carbocycles. The zero-order chi connectivity index (χ0) is 20.5. The summed E-state index contributed by atoms with van der Waals surface area (Å²) >= 11 is 7.33. The van der Waals surface area contributed by atoms with Crippen LogP contribution in [0, 0.1) is 24.2 Å². The Hall–Kier alpha value is -0.700. The molecule has 2 N–H and O–H groups in total. The molecule has 1 aromatic heterocycles. The lowest BCUT2D eigenvalue weighted by Gasteiger charge is -2.58. The quantitative estimate of drug-likeness (QED) is 0.710. The highest BCUT2D eigenvalue weighted by Crippen LogP contribution is 2.63. The molecule has 4 aliphatic rings. The fraction of sp³-hybridized carbons (Fsp3) is 0.737. The summed E-state index contributed by atoms with van der Waals surface area (Å²) in [6, 6.07) is 0. The minimum absolute atomic E-state index is 0.227. The van der Waals surface area contributed by atoms with Crippen molar-refractivity contribution in [3.05, 3.63) is 15.5 Å². The van der Waals surface area contributed by atoms with Gasteiger partial charge in [0.2, 0.25) is 5.91 Å². The minimum atomic E-state index is -3.42. The number of amides is 1. The van der Waals surface area contributed by atoms with Gasteiger partial charge in [-0.2, -0.15) is 0 Å². The maximum absolute atomic E-state index is 15.2. The Morgan fingerprint density at radius 3 is 2.50 bits per heavy atom. The topological polar surface area (TPSA) is 83.5 Å². The summed E-state index contributed by atoms with van der Waals surface area (Å²) in [5.41, 5.74) is -1.07. The number of anilines is 1. The van der Waals surface area contributed by atoms with E-state index in [0.29, 0.717) is 46.1 Å². The summed E-state index contributed by atoms with van der Waals surface area (Å²) in [6.07, 6.45) is 3.52. The van der Waals surface area contributed by atoms with Gasteiger partial charge in [0.25, 0.3) is 0 Å². The van der Waals surface area contributed by atoms with E-state index in [4.69, 9.17) is 11.6 Å². The Labute approximate surface area is 173 Å². The van der Waals surface area contributed by atoms with Gasteiger partial charge in [0.1, 0.15) is 20.5 Å². The first-order chi connectivity index (χ1) is 12.9. The van der Waals surface area contributed by atoms with E-state index in [0.717, 1.165) is 24.0 Å². The van der Waals surface area contributed by atoms with Gasteiger partial charge >= 0.3 is 0 Å². The fourth-order valence-electron chi connectivity index (χ4n) is 6.01. The molecule has 0 aliphatic heterocycles. The SMILES string of the molecule is Cc1c(Cl)sc(NC(=O)C23CC4CC(CC(F)(C4)C2)C3)c1C(O)CS(C)(=O)=O. The Bertz CT molecular complexity index is 915. The van der Waals surface area contributed by atoms with Crippen LogP contribution in [0.2, 0.25) is 4.34 Å². The van der Waals surface area contributed by atoms with Crippen molar-refractivity contribution in [1.82, 2.24) is 0 Å². The summed E-state index contributed by atoms with van der Waals surface area (Å²) in [5.74, 6) is -0.177. The number of alkyl halides is 1. The minimum Gasteiger partial charge on any atom is -0.387 e. The maximum atomic E-state index is 15.2. The highest BCUT2D eigenvalue weighted by Gasteiger charge is 2.61. The third-order valence-electron chi connectivity index (χ3n) is 6.63. The van der Waals surface area contributed by atoms with Gasteiger partial charge < -0.3 is 10.4 Å². The number of hydrogen-bond donors (Lipinski definition) is 2. The number of sulfone groups is 1. The van der Waals surface area contributed by atoms with Crippen molar-refractivity contribution in [3.63, 3.8) is 0 Å². The lowest BCUT2D eigenvalue weighted by atomic mass is 9.48. The van der Waals surface area contributed by atoms with E-state index >= 15 is 4.39 Å². The van der Waals surface area contributed by atoms with Crippen molar-refractivity contribution in [3.8, 4) is 0 Å². The smallest absolute Gasteiger partial charge is 0.231 e. The Kier molecular flexibility index (Phi) is 4.89. The van der Waals surface area contributed by atoms with Crippen LogP contribution in [0.3, 0.4) is 0 Å². The first-order valence-corrected chi connectivity index (χ1v) is 12.8. The molecule has 4 fully saturated rings. The van der Waals surface area contributed by atoms with Crippen molar-refractivity contribution >= 4 is 43.7 Å². The van der Waals surface area contributed by atoms with Gasteiger partial charge in [-0.3, -0.25) is 4.79 Å². The molecule has 5 nitrogen and oxygen atoms in total. The van der Waals surface area contributed by atoms with E-state index in [1.807, 2.05) is 0 Å². The average Bonchev–Trinajstić information content (AvgIpc) is 2.77. The number of thiophene rings is 1. The molecular formula is C19H25ClFNO4S2. The van der Waals surface area contributed by atoms with Gasteiger partial charge in [-0.25, -0.2) is 12.8 Å². The van der Waals surface area contributed by atoms with Gasteiger partial charge in [0, 0.05) is 11.8 Å². The molecule has 1 aromatic rings. The van der Waals surface area contributed by atoms with Crippen LogP contribution < -0.4 is 5.32 Å². The molecule has 4 bridgehead atoms. The van der Waals surface area contributed by atoms with Crippen molar-refractivity contribution < 1.29 is 22.7 Å². The van der Waals surface area contributed by atoms with Gasteiger partial charge in [-0.1, -0.05) is 11.6 Å². The number of carbonyl (C=O) groups is 1. The van der Waals surface area contributed by atoms with Gasteiger partial charge in [-0.15, -0.1) is 11.3 Å². The van der Waals surface area contributed by atoms with Crippen molar-refractivity contribution in [2.45, 2.75) is 57.2 Å². The van der Waals surface area contributed by atoms with Crippen LogP contribution in [-0.4, -0.2) is 37.1 Å². The van der Waals surface area contributed by atoms with Crippen molar-refractivity contribution in [1.29, 1.82) is 0 Å². The molecule has 0 spiro atoms. The number of nitrogens with one attached hydrogen (secondary N) is 1. The fourth-order valence-corrected chi connectivity index (χ4v) is 8.07. The van der Waals surface area contributed by atoms with E-state index in [9.17, 15) is 18.3 Å². The molecule has 0 saturated heterocycles. The maximum Gasteiger partial charge on any atom is 0.231 e. The summed E-state index contributed by atoms with van der Waals surface area (Å²) in [4.78, 5) is 13.3. The number of rotatable bonds is 5. The predicted octanol–water partition coefficient (Wildman–Crippen LogP) is 4.03. The van der Waals surface area contributed by atoms with E-state index < -0.39 is 32.8 Å². The summed E-state index contributed by atoms with van der Waals surface area (Å²) in [5, 5.41) is 13.7. The van der Waals surface area contributed by atoms with Gasteiger partial charge in [0.05, 0.1) is 21.6 Å². The number of aliphatic hydroxyl groups excluding tert-OH is 1. The molecular weight excluding hydrogens is 425 g/mol. The number of carbonyl (C=O) groups excluding carboxylic acids is 1. The normalized spacial score (nSPS) is 35.2. The molecule has 0 radical (unpaired) electrons. The lowest BCUT2D eigenvalue weighted by molar-refractivity contribution is -0.155. The van der Waals surface area contributed by atoms with Crippen LogP contribution in [0.1, 0.15) is 55.8 Å². The number of hydrogen-bond acceptors (Lipinski definition) is 5. The first kappa shape index (κ1) is 20.6. The average molecular weight is 450 g/mol. The van der Waals surface area contributed by atoms with E-state index in [1.54, 1.807) is 6.92 Å². The number of halogens is 2. The van der Waals surface area contributed by atoms with Crippen LogP contribution in [0.5, 0.6) is 0 Å². The van der Waals surface area contributed by atoms with Crippen molar-refractivity contribution in [2.75, 3.05) is 17.3 Å². The van der Waals surface area contributed by atoms with Gasteiger partial charge in [-0.05, 0) is 62.8 Å². The molecule has 3 unspecified atom stereocenters. The van der Waals surface area contributed by atoms with Crippen molar-refractivity contribution in [2.24, 2.45) is 17.3 Å². The van der Waals surface area contributed by atoms with Crippen LogP contribution in [0.15, 0.2) is 0 Å².